The molecule has 0 saturated carbocycles. The standard InChI is InChI=1S/C31H31NO/c1-20(2)15-25-17-23-10-8-12-27(30(23)33-25)22-13-14-32-29(19-22)24-16-21-9-6-7-11-26(21)28(18-24)31(3,4)5/h6-14,16-20H,15H2,1-5H3. The van der Waals surface area contributed by atoms with Crippen LogP contribution in [0.4, 0.5) is 0 Å². The van der Waals surface area contributed by atoms with Gasteiger partial charge in [0.25, 0.3) is 0 Å². The third kappa shape index (κ3) is 4.18. The van der Waals surface area contributed by atoms with E-state index in [1.54, 1.807) is 0 Å². The maximum Gasteiger partial charge on any atom is 0.142 e. The largest absolute Gasteiger partial charge is 0.460 e. The monoisotopic (exact) mass is 433 g/mol. The zero-order valence-electron chi connectivity index (χ0n) is 20.1. The van der Waals surface area contributed by atoms with Gasteiger partial charge in [-0.2, -0.15) is 0 Å². The minimum atomic E-state index is 0.0415. The van der Waals surface area contributed by atoms with Crippen LogP contribution in [0.15, 0.2) is 83.4 Å². The van der Waals surface area contributed by atoms with Crippen LogP contribution in [0.3, 0.4) is 0 Å². The first-order valence-corrected chi connectivity index (χ1v) is 11.8. The van der Waals surface area contributed by atoms with Crippen molar-refractivity contribution in [3.8, 4) is 22.4 Å². The summed E-state index contributed by atoms with van der Waals surface area (Å²) in [5.41, 5.74) is 6.71. The van der Waals surface area contributed by atoms with Gasteiger partial charge in [0.15, 0.2) is 0 Å². The lowest BCUT2D eigenvalue weighted by Gasteiger charge is -2.22. The summed E-state index contributed by atoms with van der Waals surface area (Å²) in [5, 5.41) is 3.71. The van der Waals surface area contributed by atoms with Gasteiger partial charge in [0, 0.05) is 29.1 Å². The van der Waals surface area contributed by atoms with Crippen LogP contribution in [-0.2, 0) is 11.8 Å². The van der Waals surface area contributed by atoms with E-state index in [0.717, 1.165) is 45.5 Å². The molecule has 0 aliphatic heterocycles. The molecule has 0 aliphatic carbocycles. The number of hydrogen-bond donors (Lipinski definition) is 0. The molecule has 0 atom stereocenters. The molecule has 166 valence electrons. The third-order valence-electron chi connectivity index (χ3n) is 6.24. The van der Waals surface area contributed by atoms with Crippen LogP contribution in [0, 0.1) is 5.92 Å². The van der Waals surface area contributed by atoms with Gasteiger partial charge in [-0.25, -0.2) is 0 Å². The quantitative estimate of drug-likeness (QED) is 0.283. The van der Waals surface area contributed by atoms with E-state index in [9.17, 15) is 0 Å². The molecular weight excluding hydrogens is 402 g/mol. The number of hydrogen-bond acceptors (Lipinski definition) is 2. The predicted octanol–water partition coefficient (Wildman–Crippen LogP) is 8.81. The SMILES string of the molecule is CC(C)Cc1cc2cccc(-c3ccnc(-c4cc(C(C)(C)C)c5ccccc5c4)c3)c2o1. The molecule has 2 nitrogen and oxygen atoms in total. The molecular formula is C31H31NO. The molecule has 0 aliphatic rings. The van der Waals surface area contributed by atoms with Crippen LogP contribution in [0.2, 0.25) is 0 Å². The molecule has 0 radical (unpaired) electrons. The van der Waals surface area contributed by atoms with E-state index in [1.807, 2.05) is 6.20 Å². The lowest BCUT2D eigenvalue weighted by Crippen LogP contribution is -2.12. The fraction of sp³-hybridized carbons (Fsp3) is 0.258. The summed E-state index contributed by atoms with van der Waals surface area (Å²) in [6, 6.07) is 26.0. The summed E-state index contributed by atoms with van der Waals surface area (Å²) in [6.07, 6.45) is 2.86. The fourth-order valence-electron chi connectivity index (χ4n) is 4.68. The number of para-hydroxylation sites is 1. The van der Waals surface area contributed by atoms with Gasteiger partial charge in [-0.3, -0.25) is 4.98 Å². The molecule has 2 aromatic heterocycles. The molecule has 33 heavy (non-hydrogen) atoms. The Bertz CT molecular complexity index is 1450. The van der Waals surface area contributed by atoms with Crippen molar-refractivity contribution in [3.05, 3.63) is 90.3 Å². The topological polar surface area (TPSA) is 26.0 Å². The third-order valence-corrected chi connectivity index (χ3v) is 6.24. The first kappa shape index (κ1) is 21.5. The molecule has 0 saturated heterocycles. The number of furan rings is 1. The Morgan fingerprint density at radius 3 is 2.39 bits per heavy atom. The summed E-state index contributed by atoms with van der Waals surface area (Å²) >= 11 is 0. The number of benzene rings is 3. The summed E-state index contributed by atoms with van der Waals surface area (Å²) in [6.45, 7) is 11.3. The van der Waals surface area contributed by atoms with Crippen LogP contribution in [0.25, 0.3) is 44.1 Å². The summed E-state index contributed by atoms with van der Waals surface area (Å²) in [5.74, 6) is 1.61. The van der Waals surface area contributed by atoms with E-state index >= 15 is 0 Å². The Hall–Kier alpha value is -3.39. The molecule has 2 heteroatoms. The van der Waals surface area contributed by atoms with Crippen molar-refractivity contribution < 1.29 is 4.42 Å². The Balaban J connectivity index is 1.64. The highest BCUT2D eigenvalue weighted by Gasteiger charge is 2.19. The molecule has 0 N–H and O–H groups in total. The smallest absolute Gasteiger partial charge is 0.142 e. The maximum absolute atomic E-state index is 6.31. The fourth-order valence-corrected chi connectivity index (χ4v) is 4.68. The Kier molecular flexibility index (Phi) is 5.32. The van der Waals surface area contributed by atoms with Gasteiger partial charge < -0.3 is 4.42 Å². The number of aromatic nitrogens is 1. The molecule has 2 heterocycles. The number of nitrogens with zero attached hydrogens (tertiary/aromatic N) is 1. The summed E-state index contributed by atoms with van der Waals surface area (Å²) < 4.78 is 6.31. The number of pyridine rings is 1. The van der Waals surface area contributed by atoms with Crippen LogP contribution in [0.1, 0.15) is 45.9 Å². The normalized spacial score (nSPS) is 12.2. The van der Waals surface area contributed by atoms with Gasteiger partial charge in [-0.1, -0.05) is 77.1 Å². The minimum Gasteiger partial charge on any atom is -0.460 e. The van der Waals surface area contributed by atoms with E-state index in [-0.39, 0.29) is 5.41 Å². The average molecular weight is 434 g/mol. The second-order valence-corrected chi connectivity index (χ2v) is 10.5. The average Bonchev–Trinajstić information content (AvgIpc) is 3.19. The Morgan fingerprint density at radius 2 is 1.61 bits per heavy atom. The highest BCUT2D eigenvalue weighted by atomic mass is 16.3. The predicted molar refractivity (Wildman–Crippen MR) is 140 cm³/mol. The van der Waals surface area contributed by atoms with Crippen LogP contribution >= 0.6 is 0 Å². The first-order valence-electron chi connectivity index (χ1n) is 11.8. The van der Waals surface area contributed by atoms with Crippen molar-refractivity contribution in [2.45, 2.75) is 46.5 Å². The Morgan fingerprint density at radius 1 is 0.818 bits per heavy atom. The number of rotatable bonds is 4. The van der Waals surface area contributed by atoms with Crippen LogP contribution in [0.5, 0.6) is 0 Å². The second kappa shape index (κ2) is 8.19. The van der Waals surface area contributed by atoms with Crippen LogP contribution in [-0.4, -0.2) is 4.98 Å². The molecule has 0 spiro atoms. The maximum atomic E-state index is 6.31. The molecule has 5 rings (SSSR count). The van der Waals surface area contributed by atoms with E-state index < -0.39 is 0 Å². The van der Waals surface area contributed by atoms with E-state index in [1.165, 1.54) is 16.3 Å². The Labute approximate surface area is 196 Å². The highest BCUT2D eigenvalue weighted by molar-refractivity contribution is 5.94. The van der Waals surface area contributed by atoms with Crippen molar-refractivity contribution in [3.63, 3.8) is 0 Å². The molecule has 0 unspecified atom stereocenters. The lowest BCUT2D eigenvalue weighted by atomic mass is 9.82. The lowest BCUT2D eigenvalue weighted by molar-refractivity contribution is 0.500. The van der Waals surface area contributed by atoms with Crippen LogP contribution < -0.4 is 0 Å². The summed E-state index contributed by atoms with van der Waals surface area (Å²) in [7, 11) is 0. The molecule has 3 aromatic carbocycles. The zero-order chi connectivity index (χ0) is 23.2. The van der Waals surface area contributed by atoms with E-state index in [2.05, 4.69) is 107 Å². The van der Waals surface area contributed by atoms with Gasteiger partial charge >= 0.3 is 0 Å². The number of fused-ring (bicyclic) bond motifs is 2. The van der Waals surface area contributed by atoms with E-state index in [4.69, 9.17) is 9.40 Å². The van der Waals surface area contributed by atoms with Gasteiger partial charge in [0.05, 0.1) is 5.69 Å². The molecule has 0 bridgehead atoms. The van der Waals surface area contributed by atoms with Crippen molar-refractivity contribution in [1.82, 2.24) is 4.98 Å². The summed E-state index contributed by atoms with van der Waals surface area (Å²) in [4.78, 5) is 4.76. The molecule has 0 fully saturated rings. The zero-order valence-corrected chi connectivity index (χ0v) is 20.1. The van der Waals surface area contributed by atoms with Crippen molar-refractivity contribution in [2.24, 2.45) is 5.92 Å². The van der Waals surface area contributed by atoms with E-state index in [0.29, 0.717) is 5.92 Å². The van der Waals surface area contributed by atoms with Crippen molar-refractivity contribution in [2.75, 3.05) is 0 Å². The molecule has 0 amide bonds. The van der Waals surface area contributed by atoms with Gasteiger partial charge in [0.2, 0.25) is 0 Å². The van der Waals surface area contributed by atoms with Crippen molar-refractivity contribution in [1.29, 1.82) is 0 Å². The second-order valence-electron chi connectivity index (χ2n) is 10.5. The van der Waals surface area contributed by atoms with Gasteiger partial charge in [-0.15, -0.1) is 0 Å². The highest BCUT2D eigenvalue weighted by Crippen LogP contribution is 2.36. The minimum absolute atomic E-state index is 0.0415. The van der Waals surface area contributed by atoms with Crippen molar-refractivity contribution >= 4 is 21.7 Å². The van der Waals surface area contributed by atoms with Gasteiger partial charge in [0.1, 0.15) is 11.3 Å². The molecule has 5 aromatic rings. The first-order chi connectivity index (χ1) is 15.8. The van der Waals surface area contributed by atoms with Gasteiger partial charge in [-0.05, 0) is 63.6 Å².